The maximum absolute atomic E-state index is 12.8. The summed E-state index contributed by atoms with van der Waals surface area (Å²) in [7, 11) is 0. The summed E-state index contributed by atoms with van der Waals surface area (Å²) in [5.74, 6) is 0.125. The fraction of sp³-hybridized carbons (Fsp3) is 0.333. The number of para-hydroxylation sites is 1. The van der Waals surface area contributed by atoms with Crippen molar-refractivity contribution in [2.75, 3.05) is 31.5 Å². The Labute approximate surface area is 164 Å². The monoisotopic (exact) mass is 384 g/mol. The highest BCUT2D eigenvalue weighted by atomic mass is 32.2. The number of hydrogen-bond donors (Lipinski definition) is 2. The lowest BCUT2D eigenvalue weighted by Gasteiger charge is -2.34. The van der Waals surface area contributed by atoms with Gasteiger partial charge in [0.05, 0.1) is 31.9 Å². The highest BCUT2D eigenvalue weighted by Gasteiger charge is 2.30. The Morgan fingerprint density at radius 1 is 1.04 bits per heavy atom. The minimum Gasteiger partial charge on any atom is -0.332 e. The number of carbonyl (C=O) groups excluding carboxylic acids is 2. The molecule has 0 spiro atoms. The Hall–Kier alpha value is -2.31. The van der Waals surface area contributed by atoms with E-state index in [0.29, 0.717) is 13.1 Å². The lowest BCUT2D eigenvalue weighted by Crippen LogP contribution is -3.19. The van der Waals surface area contributed by atoms with Crippen LogP contribution in [0.1, 0.15) is 13.8 Å². The second-order valence-electron chi connectivity index (χ2n) is 6.79. The summed E-state index contributed by atoms with van der Waals surface area (Å²) in [6.45, 7) is 6.58. The highest BCUT2D eigenvalue weighted by Crippen LogP contribution is 2.33. The lowest BCUT2D eigenvalue weighted by molar-refractivity contribution is -0.917. The molecule has 0 radical (unpaired) electrons. The fourth-order valence-electron chi connectivity index (χ4n) is 3.24. The minimum absolute atomic E-state index is 0.0161. The number of rotatable bonds is 5. The Morgan fingerprint density at radius 3 is 2.33 bits per heavy atom. The molecule has 142 valence electrons. The summed E-state index contributed by atoms with van der Waals surface area (Å²) < 4.78 is 0. The van der Waals surface area contributed by atoms with Crippen LogP contribution in [0.4, 0.5) is 5.69 Å². The van der Waals surface area contributed by atoms with Crippen LogP contribution < -0.4 is 10.2 Å². The molecule has 0 aliphatic carbocycles. The standard InChI is InChI=1S/C21H25N3O2S/c1-16(23-12-14-24(15-13-23)17(2)25)21(26)22-19-10-6-7-11-20(19)27-18-8-4-3-5-9-18/h3-11,16H,12-15H2,1-2H3,(H,22,26)/p+1/t16-/m0/s1. The number of anilines is 1. The van der Waals surface area contributed by atoms with Crippen LogP contribution in [0.15, 0.2) is 64.4 Å². The number of nitrogens with one attached hydrogen (secondary N) is 2. The van der Waals surface area contributed by atoms with Crippen molar-refractivity contribution in [3.05, 3.63) is 54.6 Å². The van der Waals surface area contributed by atoms with E-state index in [4.69, 9.17) is 0 Å². The molecule has 2 aromatic carbocycles. The van der Waals surface area contributed by atoms with E-state index >= 15 is 0 Å². The van der Waals surface area contributed by atoms with Crippen LogP contribution in [0.25, 0.3) is 0 Å². The predicted octanol–water partition coefficient (Wildman–Crippen LogP) is 1.91. The molecular formula is C21H26N3O2S+. The molecule has 27 heavy (non-hydrogen) atoms. The topological polar surface area (TPSA) is 53.9 Å². The summed E-state index contributed by atoms with van der Waals surface area (Å²) in [4.78, 5) is 29.5. The van der Waals surface area contributed by atoms with Gasteiger partial charge in [0.15, 0.2) is 6.04 Å². The van der Waals surface area contributed by atoms with Crippen molar-refractivity contribution in [2.45, 2.75) is 29.7 Å². The minimum atomic E-state index is -0.158. The van der Waals surface area contributed by atoms with Crippen molar-refractivity contribution in [1.29, 1.82) is 0 Å². The molecular weight excluding hydrogens is 358 g/mol. The third-order valence-corrected chi connectivity index (χ3v) is 6.06. The van der Waals surface area contributed by atoms with E-state index in [1.807, 2.05) is 54.3 Å². The molecule has 0 bridgehead atoms. The van der Waals surface area contributed by atoms with Crippen LogP contribution in [0.5, 0.6) is 0 Å². The Morgan fingerprint density at radius 2 is 1.67 bits per heavy atom. The molecule has 1 saturated heterocycles. The first-order valence-electron chi connectivity index (χ1n) is 9.27. The molecule has 1 aliphatic rings. The normalized spacial score (nSPS) is 16.0. The van der Waals surface area contributed by atoms with Crippen LogP contribution in [0.2, 0.25) is 0 Å². The number of amides is 2. The third-order valence-electron chi connectivity index (χ3n) is 4.97. The molecule has 3 rings (SSSR count). The number of benzene rings is 2. The van der Waals surface area contributed by atoms with Crippen LogP contribution in [-0.2, 0) is 9.59 Å². The average molecular weight is 385 g/mol. The first-order chi connectivity index (χ1) is 13.0. The molecule has 0 aromatic heterocycles. The van der Waals surface area contributed by atoms with E-state index < -0.39 is 0 Å². The van der Waals surface area contributed by atoms with Crippen molar-refractivity contribution in [3.63, 3.8) is 0 Å². The summed E-state index contributed by atoms with van der Waals surface area (Å²) in [5.41, 5.74) is 0.838. The van der Waals surface area contributed by atoms with Crippen LogP contribution in [0, 0.1) is 0 Å². The number of nitrogens with zero attached hydrogens (tertiary/aromatic N) is 1. The molecule has 0 unspecified atom stereocenters. The van der Waals surface area contributed by atoms with E-state index in [9.17, 15) is 9.59 Å². The highest BCUT2D eigenvalue weighted by molar-refractivity contribution is 7.99. The third kappa shape index (κ3) is 5.11. The first-order valence-corrected chi connectivity index (χ1v) is 10.1. The summed E-state index contributed by atoms with van der Waals surface area (Å²) in [6, 6.07) is 17.9. The Kier molecular flexibility index (Phi) is 6.53. The zero-order chi connectivity index (χ0) is 19.2. The second-order valence-corrected chi connectivity index (χ2v) is 7.90. The zero-order valence-electron chi connectivity index (χ0n) is 15.8. The van der Waals surface area contributed by atoms with Crippen molar-refractivity contribution in [2.24, 2.45) is 0 Å². The lowest BCUT2D eigenvalue weighted by atomic mass is 10.2. The van der Waals surface area contributed by atoms with Gasteiger partial charge in [-0.2, -0.15) is 0 Å². The molecule has 6 heteroatoms. The predicted molar refractivity (Wildman–Crippen MR) is 108 cm³/mol. The van der Waals surface area contributed by atoms with E-state index in [2.05, 4.69) is 17.4 Å². The van der Waals surface area contributed by atoms with E-state index in [-0.39, 0.29) is 17.9 Å². The van der Waals surface area contributed by atoms with Crippen molar-refractivity contribution in [1.82, 2.24) is 4.90 Å². The van der Waals surface area contributed by atoms with Gasteiger partial charge in [-0.1, -0.05) is 42.1 Å². The van der Waals surface area contributed by atoms with Gasteiger partial charge in [0, 0.05) is 16.7 Å². The molecule has 1 heterocycles. The summed E-state index contributed by atoms with van der Waals surface area (Å²) >= 11 is 1.64. The smallest absolute Gasteiger partial charge is 0.282 e. The number of piperazine rings is 1. The van der Waals surface area contributed by atoms with Crippen LogP contribution in [-0.4, -0.2) is 48.9 Å². The van der Waals surface area contributed by atoms with Gasteiger partial charge in [0.2, 0.25) is 5.91 Å². The second kappa shape index (κ2) is 9.06. The van der Waals surface area contributed by atoms with Gasteiger partial charge < -0.3 is 15.1 Å². The van der Waals surface area contributed by atoms with Gasteiger partial charge >= 0.3 is 0 Å². The Bertz CT molecular complexity index is 789. The maximum Gasteiger partial charge on any atom is 0.282 e. The Balaban J connectivity index is 1.63. The molecule has 0 saturated carbocycles. The molecule has 1 aliphatic heterocycles. The number of quaternary nitrogens is 1. The fourth-order valence-corrected chi connectivity index (χ4v) is 4.17. The van der Waals surface area contributed by atoms with Gasteiger partial charge in [0.25, 0.3) is 5.91 Å². The molecule has 5 nitrogen and oxygen atoms in total. The molecule has 1 atom stereocenters. The van der Waals surface area contributed by atoms with Gasteiger partial charge in [-0.05, 0) is 31.2 Å². The SMILES string of the molecule is CC(=O)N1CC[NH+]([C@@H](C)C(=O)Nc2ccccc2Sc2ccccc2)CC1. The first kappa shape index (κ1) is 19.5. The number of carbonyl (C=O) groups is 2. The quantitative estimate of drug-likeness (QED) is 0.828. The molecule has 2 N–H and O–H groups in total. The van der Waals surface area contributed by atoms with E-state index in [0.717, 1.165) is 28.6 Å². The molecule has 2 aromatic rings. The summed E-state index contributed by atoms with van der Waals surface area (Å²) in [5, 5.41) is 3.10. The van der Waals surface area contributed by atoms with Crippen LogP contribution in [0.3, 0.4) is 0 Å². The van der Waals surface area contributed by atoms with Crippen molar-refractivity contribution in [3.8, 4) is 0 Å². The van der Waals surface area contributed by atoms with Gasteiger partial charge in [-0.3, -0.25) is 9.59 Å². The zero-order valence-corrected chi connectivity index (χ0v) is 16.6. The maximum atomic E-state index is 12.8. The van der Waals surface area contributed by atoms with Crippen molar-refractivity contribution < 1.29 is 14.5 Å². The summed E-state index contributed by atoms with van der Waals surface area (Å²) in [6.07, 6.45) is 0. The van der Waals surface area contributed by atoms with E-state index in [1.165, 1.54) is 4.90 Å². The van der Waals surface area contributed by atoms with Gasteiger partial charge in [-0.15, -0.1) is 0 Å². The largest absolute Gasteiger partial charge is 0.332 e. The average Bonchev–Trinajstić information content (AvgIpc) is 2.69. The molecule has 2 amide bonds. The van der Waals surface area contributed by atoms with E-state index in [1.54, 1.807) is 18.7 Å². The molecule has 1 fully saturated rings. The van der Waals surface area contributed by atoms with Gasteiger partial charge in [0.1, 0.15) is 0 Å². The number of hydrogen-bond acceptors (Lipinski definition) is 3. The van der Waals surface area contributed by atoms with Crippen molar-refractivity contribution >= 4 is 29.3 Å². The van der Waals surface area contributed by atoms with Crippen LogP contribution >= 0.6 is 11.8 Å². The van der Waals surface area contributed by atoms with Gasteiger partial charge in [-0.25, -0.2) is 0 Å².